The number of benzene rings is 1. The van der Waals surface area contributed by atoms with E-state index in [0.717, 1.165) is 15.9 Å². The molecule has 5 N–H and O–H groups in total. The molecule has 8 nitrogen and oxygen atoms in total. The average Bonchev–Trinajstić information content (AvgIpc) is 3.33. The molecule has 1 amide bonds. The number of thiophene rings is 1. The molecular weight excluding hydrogens is 445 g/mol. The van der Waals surface area contributed by atoms with E-state index >= 15 is 4.39 Å². The lowest BCUT2D eigenvalue weighted by molar-refractivity contribution is 0.0919. The fraction of sp³-hybridized carbons (Fsp3) is 0.391. The van der Waals surface area contributed by atoms with Crippen LogP contribution in [0.15, 0.2) is 24.3 Å². The maximum atomic E-state index is 15.0. The van der Waals surface area contributed by atoms with E-state index < -0.39 is 0 Å². The number of aryl methyl sites for hydroxylation is 1. The number of hydrogen-bond acceptors (Lipinski definition) is 8. The second-order valence-electron chi connectivity index (χ2n) is 8.58. The summed E-state index contributed by atoms with van der Waals surface area (Å²) >= 11 is 1.25. The van der Waals surface area contributed by atoms with Gasteiger partial charge in [-0.15, -0.1) is 11.3 Å². The van der Waals surface area contributed by atoms with Crippen molar-refractivity contribution in [2.75, 3.05) is 37.4 Å². The summed E-state index contributed by atoms with van der Waals surface area (Å²) < 4.78 is 26.3. The van der Waals surface area contributed by atoms with Crippen molar-refractivity contribution in [1.29, 1.82) is 0 Å². The van der Waals surface area contributed by atoms with Gasteiger partial charge in [0.1, 0.15) is 27.9 Å². The molecule has 10 heteroatoms. The van der Waals surface area contributed by atoms with E-state index in [1.165, 1.54) is 17.4 Å². The van der Waals surface area contributed by atoms with E-state index in [2.05, 4.69) is 10.3 Å². The minimum atomic E-state index is -0.372. The van der Waals surface area contributed by atoms with E-state index in [1.54, 1.807) is 7.11 Å². The van der Waals surface area contributed by atoms with Crippen LogP contribution in [-0.2, 0) is 11.2 Å². The van der Waals surface area contributed by atoms with Crippen molar-refractivity contribution in [3.8, 4) is 5.75 Å². The van der Waals surface area contributed by atoms with E-state index in [4.69, 9.17) is 20.9 Å². The Kier molecular flexibility index (Phi) is 5.59. The Morgan fingerprint density at radius 1 is 1.36 bits per heavy atom. The van der Waals surface area contributed by atoms with Gasteiger partial charge in [0.25, 0.3) is 5.91 Å². The molecule has 1 saturated heterocycles. The standard InChI is InChI=1S/C23H26FN5O3S/c1-11-3-4-14-20(26)21(33-23(14)27-11)22(30)28-12-5-15-16(24)6-13(7-18(15)32-10-12)29-8-17(25)19(9-29)31-2/h3-4,6-7,12,17,19H,5,8-10,25-26H2,1-2H3,(H,28,30)/t12-,17+,19-/m1/s1. The van der Waals surface area contributed by atoms with Crippen LogP contribution in [0.25, 0.3) is 10.2 Å². The largest absolute Gasteiger partial charge is 0.491 e. The Labute approximate surface area is 194 Å². The third kappa shape index (κ3) is 3.98. The molecule has 0 unspecified atom stereocenters. The van der Waals surface area contributed by atoms with Crippen molar-refractivity contribution in [1.82, 2.24) is 10.3 Å². The predicted molar refractivity (Wildman–Crippen MR) is 127 cm³/mol. The van der Waals surface area contributed by atoms with Crippen molar-refractivity contribution in [2.45, 2.75) is 31.5 Å². The number of carbonyl (C=O) groups excluding carboxylic acids is 1. The number of rotatable bonds is 4. The van der Waals surface area contributed by atoms with E-state index in [1.807, 2.05) is 30.0 Å². The number of fused-ring (bicyclic) bond motifs is 2. The van der Waals surface area contributed by atoms with Gasteiger partial charge in [0.15, 0.2) is 0 Å². The third-order valence-corrected chi connectivity index (χ3v) is 7.40. The number of anilines is 2. The first-order valence-electron chi connectivity index (χ1n) is 10.8. The first-order valence-corrected chi connectivity index (χ1v) is 11.6. The first kappa shape index (κ1) is 21.9. The molecule has 0 spiro atoms. The third-order valence-electron chi connectivity index (χ3n) is 6.28. The molecule has 0 radical (unpaired) electrons. The summed E-state index contributed by atoms with van der Waals surface area (Å²) in [5, 5.41) is 3.70. The normalized spacial score (nSPS) is 22.3. The van der Waals surface area contributed by atoms with Crippen LogP contribution in [0.2, 0.25) is 0 Å². The molecule has 174 valence electrons. The molecule has 1 fully saturated rings. The number of aromatic nitrogens is 1. The van der Waals surface area contributed by atoms with Crippen molar-refractivity contribution >= 4 is 38.8 Å². The van der Waals surface area contributed by atoms with Crippen LogP contribution in [0.5, 0.6) is 5.75 Å². The summed E-state index contributed by atoms with van der Waals surface area (Å²) in [4.78, 5) is 20.5. The van der Waals surface area contributed by atoms with E-state index in [0.29, 0.717) is 47.1 Å². The van der Waals surface area contributed by atoms with Gasteiger partial charge >= 0.3 is 0 Å². The minimum Gasteiger partial charge on any atom is -0.491 e. The number of pyridine rings is 1. The molecule has 33 heavy (non-hydrogen) atoms. The van der Waals surface area contributed by atoms with Crippen LogP contribution in [0.4, 0.5) is 15.8 Å². The van der Waals surface area contributed by atoms with Crippen molar-refractivity contribution in [3.05, 3.63) is 46.2 Å². The van der Waals surface area contributed by atoms with Gasteiger partial charge in [-0.05, 0) is 25.1 Å². The van der Waals surface area contributed by atoms with E-state index in [9.17, 15) is 4.79 Å². The Hall–Kier alpha value is -2.95. The zero-order chi connectivity index (χ0) is 23.3. The Morgan fingerprint density at radius 2 is 2.18 bits per heavy atom. The highest BCUT2D eigenvalue weighted by Gasteiger charge is 2.32. The van der Waals surface area contributed by atoms with Gasteiger partial charge in [0, 0.05) is 55.0 Å². The number of nitrogens with one attached hydrogen (secondary N) is 1. The summed E-state index contributed by atoms with van der Waals surface area (Å²) in [5.74, 6) is -0.179. The second-order valence-corrected chi connectivity index (χ2v) is 9.58. The summed E-state index contributed by atoms with van der Waals surface area (Å²) in [6.07, 6.45) is 0.236. The highest BCUT2D eigenvalue weighted by molar-refractivity contribution is 7.21. The summed E-state index contributed by atoms with van der Waals surface area (Å²) in [5.41, 5.74) is 14.7. The Bertz CT molecular complexity index is 1230. The number of nitrogen functional groups attached to an aromatic ring is 1. The Balaban J connectivity index is 1.31. The first-order chi connectivity index (χ1) is 15.8. The fourth-order valence-electron chi connectivity index (χ4n) is 4.46. The fourth-order valence-corrected chi connectivity index (χ4v) is 5.51. The summed E-state index contributed by atoms with van der Waals surface area (Å²) in [6.45, 7) is 3.31. The van der Waals surface area contributed by atoms with Crippen LogP contribution in [0.3, 0.4) is 0 Å². The van der Waals surface area contributed by atoms with Crippen molar-refractivity contribution < 1.29 is 18.7 Å². The maximum absolute atomic E-state index is 15.0. The quantitative estimate of drug-likeness (QED) is 0.534. The summed E-state index contributed by atoms with van der Waals surface area (Å²) in [6, 6.07) is 6.56. The second kappa shape index (κ2) is 8.44. The van der Waals surface area contributed by atoms with Crippen LogP contribution >= 0.6 is 11.3 Å². The van der Waals surface area contributed by atoms with Gasteiger partial charge in [-0.1, -0.05) is 0 Å². The number of ether oxygens (including phenoxy) is 2. The number of nitrogens with zero attached hydrogens (tertiary/aromatic N) is 2. The molecular formula is C23H26FN5O3S. The van der Waals surface area contributed by atoms with Gasteiger partial charge in [-0.25, -0.2) is 9.37 Å². The highest BCUT2D eigenvalue weighted by Crippen LogP contribution is 2.35. The van der Waals surface area contributed by atoms with Gasteiger partial charge in [0.2, 0.25) is 0 Å². The molecule has 0 saturated carbocycles. The maximum Gasteiger partial charge on any atom is 0.263 e. The van der Waals surface area contributed by atoms with E-state index in [-0.39, 0.29) is 36.5 Å². The number of nitrogens with two attached hydrogens (primary N) is 2. The number of hydrogen-bond donors (Lipinski definition) is 3. The monoisotopic (exact) mass is 471 g/mol. The van der Waals surface area contributed by atoms with Crippen molar-refractivity contribution in [2.24, 2.45) is 5.73 Å². The average molecular weight is 472 g/mol. The van der Waals surface area contributed by atoms with Gasteiger partial charge in [0.05, 0.1) is 23.9 Å². The van der Waals surface area contributed by atoms with Crippen LogP contribution in [0, 0.1) is 12.7 Å². The highest BCUT2D eigenvalue weighted by atomic mass is 32.1. The van der Waals surface area contributed by atoms with Crippen LogP contribution < -0.4 is 26.4 Å². The van der Waals surface area contributed by atoms with Crippen molar-refractivity contribution in [3.63, 3.8) is 0 Å². The van der Waals surface area contributed by atoms with Crippen LogP contribution in [0.1, 0.15) is 20.9 Å². The van der Waals surface area contributed by atoms with Gasteiger partial charge in [-0.3, -0.25) is 4.79 Å². The SMILES string of the molecule is CO[C@@H]1CN(c2cc(F)c3c(c2)OC[C@H](NC(=O)c2sc4nc(C)ccc4c2N)C3)C[C@@H]1N. The number of halogens is 1. The minimum absolute atomic E-state index is 0.0925. The number of carbonyl (C=O) groups is 1. The lowest BCUT2D eigenvalue weighted by Crippen LogP contribution is -2.43. The van der Waals surface area contributed by atoms with Gasteiger partial charge < -0.3 is 31.2 Å². The predicted octanol–water partition coefficient (Wildman–Crippen LogP) is 2.22. The summed E-state index contributed by atoms with van der Waals surface area (Å²) in [7, 11) is 1.63. The number of methoxy groups -OCH3 is 1. The molecule has 0 aliphatic carbocycles. The Morgan fingerprint density at radius 3 is 2.94 bits per heavy atom. The smallest absolute Gasteiger partial charge is 0.263 e. The van der Waals surface area contributed by atoms with Gasteiger partial charge in [-0.2, -0.15) is 0 Å². The molecule has 3 aromatic rings. The molecule has 2 aliphatic rings. The number of amides is 1. The topological polar surface area (TPSA) is 116 Å². The molecule has 1 aromatic carbocycles. The molecule has 3 atom stereocenters. The molecule has 4 heterocycles. The lowest BCUT2D eigenvalue weighted by atomic mass is 10.0. The zero-order valence-electron chi connectivity index (χ0n) is 18.4. The molecule has 2 aromatic heterocycles. The molecule has 0 bridgehead atoms. The molecule has 5 rings (SSSR count). The lowest BCUT2D eigenvalue weighted by Gasteiger charge is -2.28. The molecule has 2 aliphatic heterocycles. The zero-order valence-corrected chi connectivity index (χ0v) is 19.2. The van der Waals surface area contributed by atoms with Crippen LogP contribution in [-0.4, -0.2) is 55.9 Å².